The highest BCUT2D eigenvalue weighted by Crippen LogP contribution is 2.35. The Bertz CT molecular complexity index is 573. The molecule has 23 heavy (non-hydrogen) atoms. The number of nitrogens with zero attached hydrogens (tertiary/aromatic N) is 1. The zero-order valence-corrected chi connectivity index (χ0v) is 16.1. The predicted molar refractivity (Wildman–Crippen MR) is 103 cm³/mol. The summed E-state index contributed by atoms with van der Waals surface area (Å²) in [5.74, 6) is 3.06. The van der Waals surface area contributed by atoms with Crippen LogP contribution in [0.3, 0.4) is 0 Å². The van der Waals surface area contributed by atoms with E-state index in [1.165, 1.54) is 24.8 Å². The van der Waals surface area contributed by atoms with Crippen molar-refractivity contribution >= 4 is 29.9 Å². The van der Waals surface area contributed by atoms with E-state index in [2.05, 4.69) is 23.3 Å². The summed E-state index contributed by atoms with van der Waals surface area (Å²) in [6, 6.07) is 4.09. The average Bonchev–Trinajstić information content (AvgIpc) is 2.81. The summed E-state index contributed by atoms with van der Waals surface area (Å²) in [7, 11) is 1.69. The fourth-order valence-corrected chi connectivity index (χ4v) is 2.97. The lowest BCUT2D eigenvalue weighted by Gasteiger charge is -2.25. The van der Waals surface area contributed by atoms with E-state index < -0.39 is 0 Å². The van der Waals surface area contributed by atoms with E-state index >= 15 is 0 Å². The molecule has 0 bridgehead atoms. The molecule has 1 atom stereocenters. The number of hydrogen-bond donors (Lipinski definition) is 2. The van der Waals surface area contributed by atoms with E-state index in [4.69, 9.17) is 15.2 Å². The lowest BCUT2D eigenvalue weighted by atomic mass is 9.85. The van der Waals surface area contributed by atoms with E-state index in [1.807, 2.05) is 6.07 Å². The van der Waals surface area contributed by atoms with Crippen molar-refractivity contribution in [3.8, 4) is 11.5 Å². The van der Waals surface area contributed by atoms with Gasteiger partial charge in [0.25, 0.3) is 0 Å². The van der Waals surface area contributed by atoms with Gasteiger partial charge >= 0.3 is 0 Å². The molecule has 1 aromatic carbocycles. The maximum atomic E-state index is 5.94. The third kappa shape index (κ3) is 4.43. The van der Waals surface area contributed by atoms with Crippen LogP contribution in [0.5, 0.6) is 11.5 Å². The van der Waals surface area contributed by atoms with E-state index in [0.29, 0.717) is 12.5 Å². The van der Waals surface area contributed by atoms with Gasteiger partial charge in [0, 0.05) is 24.1 Å². The molecule has 0 radical (unpaired) electrons. The number of hydrogen-bond acceptors (Lipinski definition) is 3. The summed E-state index contributed by atoms with van der Waals surface area (Å²) in [6.07, 6.45) is 5.10. The lowest BCUT2D eigenvalue weighted by Crippen LogP contribution is -2.37. The first kappa shape index (κ1) is 18.2. The normalized spacial score (nSPS) is 20.1. The first-order valence-corrected chi connectivity index (χ1v) is 8.06. The van der Waals surface area contributed by atoms with Gasteiger partial charge < -0.3 is 20.5 Å². The van der Waals surface area contributed by atoms with Crippen LogP contribution in [0.4, 0.5) is 0 Å². The minimum Gasteiger partial charge on any atom is -0.496 e. The minimum absolute atomic E-state index is 0. The molecule has 1 heterocycles. The molecular formula is C17H26IN3O2. The molecule has 1 aliphatic carbocycles. The number of methoxy groups -OCH3 is 1. The van der Waals surface area contributed by atoms with Gasteiger partial charge in [-0.05, 0) is 37.8 Å². The first-order chi connectivity index (χ1) is 10.7. The Balaban J connectivity index is 0.00000192. The second-order valence-corrected chi connectivity index (χ2v) is 6.28. The largest absolute Gasteiger partial charge is 0.496 e. The molecule has 0 amide bonds. The molecule has 128 valence electrons. The molecule has 2 aliphatic rings. The number of guanidine groups is 1. The summed E-state index contributed by atoms with van der Waals surface area (Å²) in [5, 5.41) is 3.21. The van der Waals surface area contributed by atoms with Crippen molar-refractivity contribution in [3.05, 3.63) is 23.3 Å². The lowest BCUT2D eigenvalue weighted by molar-refractivity contribution is 0.254. The van der Waals surface area contributed by atoms with Crippen molar-refractivity contribution in [1.82, 2.24) is 5.32 Å². The highest BCUT2D eigenvalue weighted by molar-refractivity contribution is 14.0. The van der Waals surface area contributed by atoms with Crippen molar-refractivity contribution in [2.45, 2.75) is 45.3 Å². The molecule has 0 saturated heterocycles. The van der Waals surface area contributed by atoms with Gasteiger partial charge in [0.2, 0.25) is 0 Å². The fourth-order valence-electron chi connectivity index (χ4n) is 2.97. The van der Waals surface area contributed by atoms with Crippen molar-refractivity contribution < 1.29 is 9.47 Å². The monoisotopic (exact) mass is 431 g/mol. The number of fused-ring (bicyclic) bond motifs is 1. The molecule has 1 saturated carbocycles. The number of nitrogens with one attached hydrogen (secondary N) is 1. The van der Waals surface area contributed by atoms with Crippen LogP contribution in [-0.4, -0.2) is 25.7 Å². The Morgan fingerprint density at radius 3 is 2.87 bits per heavy atom. The van der Waals surface area contributed by atoms with Gasteiger partial charge in [0.1, 0.15) is 17.6 Å². The Morgan fingerprint density at radius 1 is 1.43 bits per heavy atom. The first-order valence-electron chi connectivity index (χ1n) is 8.06. The van der Waals surface area contributed by atoms with Crippen LogP contribution in [0, 0.1) is 5.92 Å². The molecule has 3 rings (SSSR count). The maximum Gasteiger partial charge on any atom is 0.188 e. The van der Waals surface area contributed by atoms with Crippen LogP contribution in [0.15, 0.2) is 17.1 Å². The summed E-state index contributed by atoms with van der Waals surface area (Å²) in [4.78, 5) is 4.43. The van der Waals surface area contributed by atoms with Gasteiger partial charge in [-0.15, -0.1) is 24.0 Å². The number of benzene rings is 1. The van der Waals surface area contributed by atoms with Crippen LogP contribution < -0.4 is 20.5 Å². The van der Waals surface area contributed by atoms with Crippen molar-refractivity contribution in [1.29, 1.82) is 0 Å². The zero-order valence-electron chi connectivity index (χ0n) is 13.8. The third-order valence-corrected chi connectivity index (χ3v) is 4.52. The summed E-state index contributed by atoms with van der Waals surface area (Å²) in [5.41, 5.74) is 8.15. The second-order valence-electron chi connectivity index (χ2n) is 6.28. The molecule has 1 unspecified atom stereocenters. The van der Waals surface area contributed by atoms with Crippen LogP contribution in [0.2, 0.25) is 0 Å². The van der Waals surface area contributed by atoms with Crippen molar-refractivity contribution in [2.75, 3.05) is 13.7 Å². The number of ether oxygens (including phenoxy) is 2. The fraction of sp³-hybridized carbons (Fsp3) is 0.588. The van der Waals surface area contributed by atoms with E-state index in [9.17, 15) is 0 Å². The molecule has 1 fully saturated rings. The maximum absolute atomic E-state index is 5.94. The topological polar surface area (TPSA) is 68.9 Å². The highest BCUT2D eigenvalue weighted by Gasteiger charge is 2.21. The van der Waals surface area contributed by atoms with Gasteiger partial charge in [0.15, 0.2) is 5.96 Å². The number of halogens is 1. The van der Waals surface area contributed by atoms with E-state index in [-0.39, 0.29) is 30.1 Å². The van der Waals surface area contributed by atoms with Crippen LogP contribution in [0.25, 0.3) is 0 Å². The van der Waals surface area contributed by atoms with Gasteiger partial charge in [-0.1, -0.05) is 6.42 Å². The Labute approximate surface area is 155 Å². The summed E-state index contributed by atoms with van der Waals surface area (Å²) >= 11 is 0. The van der Waals surface area contributed by atoms with Crippen molar-refractivity contribution in [2.24, 2.45) is 16.6 Å². The quantitative estimate of drug-likeness (QED) is 0.428. The van der Waals surface area contributed by atoms with Gasteiger partial charge in [-0.3, -0.25) is 0 Å². The van der Waals surface area contributed by atoms with E-state index in [1.54, 1.807) is 7.11 Å². The Morgan fingerprint density at radius 2 is 2.22 bits per heavy atom. The van der Waals surface area contributed by atoms with Crippen molar-refractivity contribution in [3.63, 3.8) is 0 Å². The standard InChI is InChI=1S/C17H25N3O2.HI/c1-11-6-13-7-15(21-2)14(8-16(13)22-11)10-20-17(18)19-9-12-4-3-5-12;/h7-8,11-12H,3-6,9-10H2,1-2H3,(H3,18,19,20);1H. The Kier molecular flexibility index (Phi) is 6.38. The van der Waals surface area contributed by atoms with Gasteiger partial charge in [0.05, 0.1) is 13.7 Å². The number of rotatable bonds is 5. The van der Waals surface area contributed by atoms with Crippen LogP contribution in [-0.2, 0) is 13.0 Å². The van der Waals surface area contributed by atoms with Gasteiger partial charge in [-0.25, -0.2) is 4.99 Å². The molecule has 1 aliphatic heterocycles. The average molecular weight is 431 g/mol. The molecule has 0 aromatic heterocycles. The number of nitrogens with two attached hydrogens (primary N) is 1. The molecule has 5 nitrogen and oxygen atoms in total. The molecule has 3 N–H and O–H groups in total. The Hall–Kier alpha value is -1.18. The molecule has 0 spiro atoms. The smallest absolute Gasteiger partial charge is 0.188 e. The molecule has 6 heteroatoms. The third-order valence-electron chi connectivity index (χ3n) is 4.52. The predicted octanol–water partition coefficient (Wildman–Crippen LogP) is 2.84. The molecule has 1 aromatic rings. The minimum atomic E-state index is 0. The van der Waals surface area contributed by atoms with Crippen LogP contribution >= 0.6 is 24.0 Å². The second kappa shape index (κ2) is 8.08. The summed E-state index contributed by atoms with van der Waals surface area (Å²) in [6.45, 7) is 3.50. The van der Waals surface area contributed by atoms with E-state index in [0.717, 1.165) is 35.9 Å². The molecular weight excluding hydrogens is 405 g/mol. The summed E-state index contributed by atoms with van der Waals surface area (Å²) < 4.78 is 11.3. The highest BCUT2D eigenvalue weighted by atomic mass is 127. The zero-order chi connectivity index (χ0) is 15.5. The SMILES string of the molecule is COc1cc2c(cc1CN=C(N)NCC1CCC1)OC(C)C2.I. The number of aliphatic imine (C=N–C) groups is 1. The van der Waals surface area contributed by atoms with Crippen LogP contribution in [0.1, 0.15) is 37.3 Å². The van der Waals surface area contributed by atoms with Gasteiger partial charge in [-0.2, -0.15) is 0 Å².